The van der Waals surface area contributed by atoms with Gasteiger partial charge in [-0.25, -0.2) is 0 Å². The smallest absolute Gasteiger partial charge is 0.311 e. The Morgan fingerprint density at radius 3 is 2.59 bits per heavy atom. The highest BCUT2D eigenvalue weighted by atomic mass is 35.5. The number of anilines is 1. The summed E-state index contributed by atoms with van der Waals surface area (Å²) in [4.78, 5) is 45.6. The molecule has 1 spiro atoms. The van der Waals surface area contributed by atoms with Crippen molar-refractivity contribution in [2.24, 2.45) is 17.8 Å². The van der Waals surface area contributed by atoms with E-state index in [1.807, 2.05) is 45.1 Å². The Morgan fingerprint density at radius 1 is 1.14 bits per heavy atom. The average molecular weight is 545 g/mol. The molecule has 1 aromatic rings. The van der Waals surface area contributed by atoms with Crippen molar-refractivity contribution in [2.75, 3.05) is 24.7 Å². The van der Waals surface area contributed by atoms with Crippen LogP contribution in [0.25, 0.3) is 0 Å². The monoisotopic (exact) mass is 544 g/mol. The van der Waals surface area contributed by atoms with Crippen LogP contribution in [-0.4, -0.2) is 69.1 Å². The first-order valence-electron chi connectivity index (χ1n) is 12.9. The number of aliphatic hydroxyl groups is 1. The molecule has 7 nitrogen and oxygen atoms in total. The van der Waals surface area contributed by atoms with E-state index in [4.69, 9.17) is 16.3 Å². The van der Waals surface area contributed by atoms with Crippen molar-refractivity contribution in [3.63, 3.8) is 0 Å². The lowest BCUT2D eigenvalue weighted by Gasteiger charge is -2.41. The number of esters is 1. The van der Waals surface area contributed by atoms with Gasteiger partial charge in [0.05, 0.1) is 46.5 Å². The van der Waals surface area contributed by atoms with Crippen molar-refractivity contribution < 1.29 is 24.2 Å². The molecular formula is C28H33ClN2O5S. The highest BCUT2D eigenvalue weighted by molar-refractivity contribution is 8.02. The number of rotatable bonds is 4. The molecule has 1 N–H and O–H groups in total. The van der Waals surface area contributed by atoms with Gasteiger partial charge in [0.25, 0.3) is 5.91 Å². The lowest BCUT2D eigenvalue weighted by Crippen LogP contribution is -2.58. The number of hydrogen-bond acceptors (Lipinski definition) is 6. The van der Waals surface area contributed by atoms with Gasteiger partial charge in [-0.05, 0) is 37.8 Å². The van der Waals surface area contributed by atoms with Crippen molar-refractivity contribution >= 4 is 46.8 Å². The van der Waals surface area contributed by atoms with Crippen LogP contribution in [0.2, 0.25) is 5.02 Å². The molecule has 5 rings (SSSR count). The minimum Gasteiger partial charge on any atom is -0.465 e. The number of thioether (sulfide) groups is 1. The lowest BCUT2D eigenvalue weighted by atomic mass is 9.74. The minimum atomic E-state index is -1.01. The van der Waals surface area contributed by atoms with Gasteiger partial charge in [-0.1, -0.05) is 61.9 Å². The molecule has 4 aliphatic heterocycles. The van der Waals surface area contributed by atoms with Crippen LogP contribution in [0.1, 0.15) is 33.6 Å². The molecule has 2 fully saturated rings. The van der Waals surface area contributed by atoms with E-state index in [2.05, 4.69) is 6.08 Å². The fourth-order valence-corrected chi connectivity index (χ4v) is 8.82. The number of carbonyl (C=O) groups excluding carboxylic acids is 3. The maximum atomic E-state index is 14.5. The minimum absolute atomic E-state index is 0.109. The molecule has 0 bridgehead atoms. The fraction of sp³-hybridized carbons (Fsp3) is 0.536. The van der Waals surface area contributed by atoms with E-state index in [1.165, 1.54) is 11.8 Å². The van der Waals surface area contributed by atoms with E-state index in [9.17, 15) is 19.5 Å². The highest BCUT2D eigenvalue weighted by Crippen LogP contribution is 2.65. The largest absolute Gasteiger partial charge is 0.465 e. The predicted octanol–water partition coefficient (Wildman–Crippen LogP) is 3.84. The van der Waals surface area contributed by atoms with E-state index in [1.54, 1.807) is 28.0 Å². The summed E-state index contributed by atoms with van der Waals surface area (Å²) in [6.45, 7) is 6.10. The number of allylic oxidation sites excluding steroid dienone is 1. The van der Waals surface area contributed by atoms with Gasteiger partial charge in [0.1, 0.15) is 6.04 Å². The summed E-state index contributed by atoms with van der Waals surface area (Å²) >= 11 is 8.01. The van der Waals surface area contributed by atoms with E-state index in [0.717, 1.165) is 12.8 Å². The first-order valence-corrected chi connectivity index (χ1v) is 14.1. The number of nitrogens with zero attached hydrogens (tertiary/aromatic N) is 2. The number of amides is 2. The molecule has 9 heteroatoms. The number of benzene rings is 1. The summed E-state index contributed by atoms with van der Waals surface area (Å²) in [5.41, 5.74) is 0.563. The maximum Gasteiger partial charge on any atom is 0.311 e. The van der Waals surface area contributed by atoms with Crippen LogP contribution < -0.4 is 4.90 Å². The standard InChI is InChI=1S/C28H33ClN2O5S/c1-17(2)20(16-32)31-23-25(34)30(19-11-6-5-10-18(19)29)14-9-13-28(23)21(24(31)33)22-26(35)36-15-8-4-7-12-27(22,3)37-28/h5-7,9-13,17,20-23,32H,4,8,14-16H2,1-3H3/b12-7-/t20-,21-,22-,23?,27+,28-/m0/s1. The second kappa shape index (κ2) is 9.79. The number of ether oxygens (including phenoxy) is 1. The molecule has 4 heterocycles. The zero-order valence-electron chi connectivity index (χ0n) is 21.3. The van der Waals surface area contributed by atoms with Crippen molar-refractivity contribution in [1.82, 2.24) is 4.90 Å². The fourth-order valence-electron chi connectivity index (χ4n) is 6.44. The molecule has 2 saturated heterocycles. The van der Waals surface area contributed by atoms with Gasteiger partial charge in [0, 0.05) is 11.3 Å². The summed E-state index contributed by atoms with van der Waals surface area (Å²) < 4.78 is 3.92. The molecule has 1 aromatic carbocycles. The van der Waals surface area contributed by atoms with Crippen molar-refractivity contribution in [1.29, 1.82) is 0 Å². The highest BCUT2D eigenvalue weighted by Gasteiger charge is 2.74. The number of para-hydroxylation sites is 1. The van der Waals surface area contributed by atoms with Gasteiger partial charge < -0.3 is 19.6 Å². The van der Waals surface area contributed by atoms with Gasteiger partial charge >= 0.3 is 5.97 Å². The molecule has 0 saturated carbocycles. The first kappa shape index (κ1) is 26.3. The number of likely N-dealkylation sites (tertiary alicyclic amines) is 1. The molecule has 0 aliphatic carbocycles. The van der Waals surface area contributed by atoms with E-state index in [-0.39, 0.29) is 30.9 Å². The van der Waals surface area contributed by atoms with Crippen LogP contribution in [0.15, 0.2) is 48.6 Å². The number of carbonyl (C=O) groups is 3. The van der Waals surface area contributed by atoms with Gasteiger partial charge in [-0.3, -0.25) is 14.4 Å². The third-order valence-electron chi connectivity index (χ3n) is 8.15. The number of cyclic esters (lactones) is 1. The maximum absolute atomic E-state index is 14.5. The van der Waals surface area contributed by atoms with Crippen molar-refractivity contribution in [2.45, 2.75) is 55.2 Å². The normalized spacial score (nSPS) is 35.2. The van der Waals surface area contributed by atoms with Crippen LogP contribution in [0.5, 0.6) is 0 Å². The quantitative estimate of drug-likeness (QED) is 0.458. The van der Waals surface area contributed by atoms with Crippen LogP contribution in [0, 0.1) is 17.8 Å². The summed E-state index contributed by atoms with van der Waals surface area (Å²) in [5, 5.41) is 10.8. The Bertz CT molecular complexity index is 1170. The first-order chi connectivity index (χ1) is 17.7. The van der Waals surface area contributed by atoms with Crippen LogP contribution in [0.4, 0.5) is 5.69 Å². The van der Waals surface area contributed by atoms with Gasteiger partial charge in [-0.15, -0.1) is 11.8 Å². The van der Waals surface area contributed by atoms with Crippen LogP contribution in [-0.2, 0) is 19.1 Å². The zero-order valence-corrected chi connectivity index (χ0v) is 22.9. The van der Waals surface area contributed by atoms with Crippen LogP contribution >= 0.6 is 23.4 Å². The topological polar surface area (TPSA) is 87.2 Å². The second-order valence-electron chi connectivity index (χ2n) is 10.8. The number of fused-ring (bicyclic) bond motifs is 2. The van der Waals surface area contributed by atoms with Crippen LogP contribution in [0.3, 0.4) is 0 Å². The van der Waals surface area contributed by atoms with Gasteiger partial charge in [-0.2, -0.15) is 0 Å². The predicted molar refractivity (Wildman–Crippen MR) is 144 cm³/mol. The van der Waals surface area contributed by atoms with E-state index >= 15 is 0 Å². The Morgan fingerprint density at radius 2 is 1.89 bits per heavy atom. The molecule has 198 valence electrons. The third-order valence-corrected chi connectivity index (χ3v) is 10.3. The Hall–Kier alpha value is -2.29. The summed E-state index contributed by atoms with van der Waals surface area (Å²) in [6, 6.07) is 5.64. The number of hydrogen-bond donors (Lipinski definition) is 1. The second-order valence-corrected chi connectivity index (χ2v) is 12.9. The molecular weight excluding hydrogens is 512 g/mol. The number of aliphatic hydroxyl groups excluding tert-OH is 1. The molecule has 0 radical (unpaired) electrons. The summed E-state index contributed by atoms with van der Waals surface area (Å²) in [5.74, 6) is -2.64. The lowest BCUT2D eigenvalue weighted by molar-refractivity contribution is -0.154. The zero-order chi connectivity index (χ0) is 26.5. The molecule has 2 amide bonds. The molecule has 37 heavy (non-hydrogen) atoms. The molecule has 1 unspecified atom stereocenters. The van der Waals surface area contributed by atoms with Gasteiger partial charge in [0.2, 0.25) is 5.91 Å². The van der Waals surface area contributed by atoms with E-state index in [0.29, 0.717) is 17.3 Å². The molecule has 4 aliphatic rings. The van der Waals surface area contributed by atoms with E-state index < -0.39 is 39.4 Å². The third kappa shape index (κ3) is 4.03. The Balaban J connectivity index is 1.70. The van der Waals surface area contributed by atoms with Crippen molar-refractivity contribution in [3.05, 3.63) is 53.6 Å². The molecule has 0 aromatic heterocycles. The molecule has 6 atom stereocenters. The van der Waals surface area contributed by atoms with Gasteiger partial charge in [0.15, 0.2) is 0 Å². The number of halogens is 1. The summed E-state index contributed by atoms with van der Waals surface area (Å²) in [7, 11) is 0. The van der Waals surface area contributed by atoms with Crippen molar-refractivity contribution in [3.8, 4) is 0 Å². The Kier molecular flexibility index (Phi) is 6.96. The Labute approximate surface area is 226 Å². The summed E-state index contributed by atoms with van der Waals surface area (Å²) in [6.07, 6.45) is 9.44. The SMILES string of the molecule is CC(C)[C@H](CO)N1C(=O)[C@@H]2[C@H]3C(=O)OCCC/C=C\[C@@]3(C)S[C@@]23C=CCN(c2ccccc2Cl)C(=O)C13. The average Bonchev–Trinajstić information content (AvgIpc) is 3.20.